The summed E-state index contributed by atoms with van der Waals surface area (Å²) >= 11 is 0. The summed E-state index contributed by atoms with van der Waals surface area (Å²) in [5.74, 6) is -1.68. The van der Waals surface area contributed by atoms with Gasteiger partial charge in [-0.3, -0.25) is 19.2 Å². The fourth-order valence-electron chi connectivity index (χ4n) is 7.02. The standard InChI is InChI=1S/C27H35N5O5/c1-26(2)11-14(24(35)31-26)9-15(22(28)33)17-7-8-27(17)12-20(23(29)34)32(13-27)25(36)19-10-16-18(30-19)5-4-6-21(16)37-3/h4-6,10,14-15,17,20,30H,7-9,11-13H2,1-3H3,(H2,28,33)(H2,29,34)(H,31,35)/t14-,15+,17?,20?,27?/m1/s1. The van der Waals surface area contributed by atoms with Crippen LogP contribution < -0.4 is 21.5 Å². The molecule has 5 atom stereocenters. The maximum Gasteiger partial charge on any atom is 0.271 e. The topological polar surface area (TPSA) is 161 Å². The predicted molar refractivity (Wildman–Crippen MR) is 136 cm³/mol. The fourth-order valence-corrected chi connectivity index (χ4v) is 7.02. The first-order valence-electron chi connectivity index (χ1n) is 12.8. The van der Waals surface area contributed by atoms with E-state index >= 15 is 0 Å². The van der Waals surface area contributed by atoms with Crippen molar-refractivity contribution in [3.05, 3.63) is 30.0 Å². The molecule has 5 rings (SSSR count). The molecule has 3 aliphatic rings. The van der Waals surface area contributed by atoms with Gasteiger partial charge in [0.1, 0.15) is 17.5 Å². The van der Waals surface area contributed by atoms with Crippen molar-refractivity contribution in [3.8, 4) is 5.75 Å². The maximum absolute atomic E-state index is 13.7. The molecule has 0 bridgehead atoms. The van der Waals surface area contributed by atoms with Crippen LogP contribution in [0.15, 0.2) is 24.3 Å². The molecule has 3 fully saturated rings. The normalized spacial score (nSPS) is 29.2. The number of nitrogens with two attached hydrogens (primary N) is 2. The first kappa shape index (κ1) is 25.1. The maximum atomic E-state index is 13.7. The number of H-pyrrole nitrogens is 1. The Morgan fingerprint density at radius 1 is 1.22 bits per heavy atom. The molecule has 1 aliphatic carbocycles. The van der Waals surface area contributed by atoms with Crippen LogP contribution in [0, 0.1) is 23.2 Å². The van der Waals surface area contributed by atoms with Crippen molar-refractivity contribution in [1.82, 2.24) is 15.2 Å². The summed E-state index contributed by atoms with van der Waals surface area (Å²) in [5, 5.41) is 3.76. The number of aromatic nitrogens is 1. The zero-order valence-corrected chi connectivity index (χ0v) is 21.5. The largest absolute Gasteiger partial charge is 0.496 e. The lowest BCUT2D eigenvalue weighted by Gasteiger charge is -2.50. The average Bonchev–Trinajstić information content (AvgIpc) is 3.51. The fraction of sp³-hybridized carbons (Fsp3) is 0.556. The number of primary amides is 2. The molecular formula is C27H35N5O5. The van der Waals surface area contributed by atoms with E-state index in [2.05, 4.69) is 10.3 Å². The highest BCUT2D eigenvalue weighted by Gasteiger charge is 2.59. The number of nitrogens with one attached hydrogen (secondary N) is 2. The van der Waals surface area contributed by atoms with E-state index < -0.39 is 29.2 Å². The number of amides is 4. The predicted octanol–water partition coefficient (Wildman–Crippen LogP) is 1.68. The van der Waals surface area contributed by atoms with E-state index in [0.717, 1.165) is 23.7 Å². The lowest BCUT2D eigenvalue weighted by molar-refractivity contribution is -0.132. The first-order chi connectivity index (χ1) is 17.4. The molecular weight excluding hydrogens is 474 g/mol. The number of carbonyl (C=O) groups is 4. The van der Waals surface area contributed by atoms with Gasteiger partial charge in [-0.1, -0.05) is 6.07 Å². The highest BCUT2D eigenvalue weighted by Crippen LogP contribution is 2.58. The third-order valence-corrected chi connectivity index (χ3v) is 8.84. The minimum absolute atomic E-state index is 0.0582. The second kappa shape index (κ2) is 8.78. The van der Waals surface area contributed by atoms with Gasteiger partial charge >= 0.3 is 0 Å². The summed E-state index contributed by atoms with van der Waals surface area (Å²) < 4.78 is 5.41. The number of rotatable bonds is 7. The average molecular weight is 510 g/mol. The van der Waals surface area contributed by atoms with Crippen LogP contribution in [0.4, 0.5) is 0 Å². The summed E-state index contributed by atoms with van der Waals surface area (Å²) in [6, 6.07) is 6.44. The van der Waals surface area contributed by atoms with Crippen LogP contribution in [0.25, 0.3) is 10.9 Å². The lowest BCUT2D eigenvalue weighted by atomic mass is 9.53. The van der Waals surface area contributed by atoms with Crippen LogP contribution in [-0.2, 0) is 14.4 Å². The number of hydrogen-bond acceptors (Lipinski definition) is 5. The van der Waals surface area contributed by atoms with Crippen LogP contribution in [0.3, 0.4) is 0 Å². The van der Waals surface area contributed by atoms with Crippen molar-refractivity contribution in [2.45, 2.75) is 57.5 Å². The number of benzene rings is 1. The molecule has 37 heavy (non-hydrogen) atoms. The summed E-state index contributed by atoms with van der Waals surface area (Å²) in [6.07, 6.45) is 2.90. The SMILES string of the molecule is COc1cccc2[nH]c(C(=O)N3CC4(CCC4[C@H](C[C@@H]4CC(C)(C)NC4=O)C(N)=O)CC3C(N)=O)cc12. The number of aromatic amines is 1. The number of ether oxygens (including phenoxy) is 1. The van der Waals surface area contributed by atoms with Crippen LogP contribution in [0.2, 0.25) is 0 Å². The molecule has 2 saturated heterocycles. The highest BCUT2D eigenvalue weighted by atomic mass is 16.5. The van der Waals surface area contributed by atoms with Crippen molar-refractivity contribution in [1.29, 1.82) is 0 Å². The molecule has 3 unspecified atom stereocenters. The monoisotopic (exact) mass is 509 g/mol. The van der Waals surface area contributed by atoms with Gasteiger partial charge in [-0.2, -0.15) is 0 Å². The highest BCUT2D eigenvalue weighted by molar-refractivity contribution is 6.01. The molecule has 10 nitrogen and oxygen atoms in total. The molecule has 6 N–H and O–H groups in total. The van der Waals surface area contributed by atoms with Crippen molar-refractivity contribution in [2.24, 2.45) is 34.6 Å². The number of hydrogen-bond donors (Lipinski definition) is 4. The van der Waals surface area contributed by atoms with E-state index in [1.807, 2.05) is 32.0 Å². The zero-order valence-electron chi connectivity index (χ0n) is 21.5. The van der Waals surface area contributed by atoms with Gasteiger partial charge in [-0.25, -0.2) is 0 Å². The van der Waals surface area contributed by atoms with Crippen LogP contribution in [0.5, 0.6) is 5.75 Å². The summed E-state index contributed by atoms with van der Waals surface area (Å²) in [5.41, 5.74) is 12.0. The Bertz CT molecular complexity index is 1290. The van der Waals surface area contributed by atoms with Gasteiger partial charge in [-0.15, -0.1) is 0 Å². The first-order valence-corrected chi connectivity index (χ1v) is 12.8. The van der Waals surface area contributed by atoms with Crippen LogP contribution >= 0.6 is 0 Å². The third kappa shape index (κ3) is 4.22. The molecule has 1 aromatic heterocycles. The summed E-state index contributed by atoms with van der Waals surface area (Å²) in [7, 11) is 1.57. The number of likely N-dealkylation sites (tertiary alicyclic amines) is 1. The molecule has 2 aromatic rings. The zero-order chi connectivity index (χ0) is 26.7. The Morgan fingerprint density at radius 2 is 1.97 bits per heavy atom. The molecule has 1 aromatic carbocycles. The third-order valence-electron chi connectivity index (χ3n) is 8.84. The number of methoxy groups -OCH3 is 1. The second-order valence-electron chi connectivity index (χ2n) is 11.7. The van der Waals surface area contributed by atoms with Gasteiger partial charge in [0.2, 0.25) is 17.7 Å². The minimum atomic E-state index is -0.786. The quantitative estimate of drug-likeness (QED) is 0.446. The van der Waals surface area contributed by atoms with Gasteiger partial charge < -0.3 is 31.4 Å². The molecule has 3 heterocycles. The van der Waals surface area contributed by atoms with Crippen molar-refractivity contribution < 1.29 is 23.9 Å². The molecule has 1 saturated carbocycles. The molecule has 10 heteroatoms. The van der Waals surface area contributed by atoms with E-state index in [0.29, 0.717) is 37.3 Å². The molecule has 0 radical (unpaired) electrons. The summed E-state index contributed by atoms with van der Waals surface area (Å²) in [4.78, 5) is 56.0. The second-order valence-corrected chi connectivity index (χ2v) is 11.7. The smallest absolute Gasteiger partial charge is 0.271 e. The van der Waals surface area contributed by atoms with Crippen LogP contribution in [-0.4, -0.2) is 58.7 Å². The molecule has 1 spiro atoms. The van der Waals surface area contributed by atoms with E-state index in [-0.39, 0.29) is 29.2 Å². The Balaban J connectivity index is 1.40. The Morgan fingerprint density at radius 3 is 2.54 bits per heavy atom. The Labute approximate surface area is 215 Å². The summed E-state index contributed by atoms with van der Waals surface area (Å²) in [6.45, 7) is 4.24. The van der Waals surface area contributed by atoms with Crippen molar-refractivity contribution >= 4 is 34.5 Å². The number of nitrogens with zero attached hydrogens (tertiary/aromatic N) is 1. The van der Waals surface area contributed by atoms with Crippen LogP contribution in [0.1, 0.15) is 56.4 Å². The van der Waals surface area contributed by atoms with E-state index in [1.165, 1.54) is 4.90 Å². The minimum Gasteiger partial charge on any atom is -0.496 e. The van der Waals surface area contributed by atoms with Gasteiger partial charge in [0.15, 0.2) is 0 Å². The molecule has 198 valence electrons. The lowest BCUT2D eigenvalue weighted by Crippen LogP contribution is -2.50. The van der Waals surface area contributed by atoms with Gasteiger partial charge in [-0.05, 0) is 75.5 Å². The van der Waals surface area contributed by atoms with Gasteiger partial charge in [0.05, 0.1) is 7.11 Å². The van der Waals surface area contributed by atoms with E-state index in [1.54, 1.807) is 13.2 Å². The number of carbonyl (C=O) groups excluding carboxylic acids is 4. The molecule has 2 aliphatic heterocycles. The Kier molecular flexibility index (Phi) is 5.96. The van der Waals surface area contributed by atoms with Crippen molar-refractivity contribution in [3.63, 3.8) is 0 Å². The van der Waals surface area contributed by atoms with E-state index in [4.69, 9.17) is 16.2 Å². The van der Waals surface area contributed by atoms with E-state index in [9.17, 15) is 19.2 Å². The Hall–Kier alpha value is -3.56. The van der Waals surface area contributed by atoms with Crippen molar-refractivity contribution in [2.75, 3.05) is 13.7 Å². The number of fused-ring (bicyclic) bond motifs is 1. The molecule has 4 amide bonds. The van der Waals surface area contributed by atoms with Gasteiger partial charge in [0, 0.05) is 34.8 Å². The van der Waals surface area contributed by atoms with Gasteiger partial charge in [0.25, 0.3) is 5.91 Å².